The monoisotopic (exact) mass is 438 g/mol. The lowest BCUT2D eigenvalue weighted by atomic mass is 9.96. The van der Waals surface area contributed by atoms with E-state index in [1.54, 1.807) is 30.3 Å². The Morgan fingerprint density at radius 3 is 2.03 bits per heavy atom. The molecule has 1 saturated carbocycles. The molecule has 2 aromatic carbocycles. The summed E-state index contributed by atoms with van der Waals surface area (Å²) in [5, 5.41) is 6.93. The Morgan fingerprint density at radius 2 is 1.36 bits per heavy atom. The Balaban J connectivity index is 1.73. The molecule has 6 heteroatoms. The molecule has 0 heterocycles. The minimum absolute atomic E-state index is 0.168. The molecule has 0 amide bonds. The van der Waals surface area contributed by atoms with E-state index in [4.69, 9.17) is 4.99 Å². The van der Waals surface area contributed by atoms with Gasteiger partial charge in [-0.1, -0.05) is 61.2 Å². The first-order chi connectivity index (χ1) is 16.1. The average molecular weight is 439 g/mol. The van der Waals surface area contributed by atoms with Crippen LogP contribution in [0.4, 0.5) is 5.69 Å². The third-order valence-electron chi connectivity index (χ3n) is 6.36. The van der Waals surface area contributed by atoms with Gasteiger partial charge in [0.05, 0.1) is 32.9 Å². The predicted molar refractivity (Wildman–Crippen MR) is 130 cm³/mol. The van der Waals surface area contributed by atoms with Crippen molar-refractivity contribution in [2.75, 3.05) is 5.43 Å². The summed E-state index contributed by atoms with van der Waals surface area (Å²) < 4.78 is 0. The maximum Gasteiger partial charge on any atom is 0.196 e. The SMILES string of the molecule is Cc1ccc(NNN=c2ccc(=NC3CCCCC3)c3c(=O)c4ccccc4c(=O)c2=3)cc1. The van der Waals surface area contributed by atoms with E-state index in [2.05, 4.69) is 16.1 Å². The summed E-state index contributed by atoms with van der Waals surface area (Å²) in [6.45, 7) is 2.02. The van der Waals surface area contributed by atoms with Crippen molar-refractivity contribution >= 4 is 16.5 Å². The Kier molecular flexibility index (Phi) is 5.73. The Bertz CT molecular complexity index is 1590. The standard InChI is InChI=1S/C27H26N4O2/c1-17-11-13-19(14-12-17)29-31-30-23-16-15-22(28-18-7-3-2-4-8-18)24-25(23)27(33)21-10-6-5-9-20(21)26(24)32/h5-6,9-16,18,29,31H,2-4,7-8H2,1H3. The number of nitrogens with zero attached hydrogens (tertiary/aromatic N) is 2. The Hall–Kier alpha value is -3.80. The molecule has 0 saturated heterocycles. The highest BCUT2D eigenvalue weighted by molar-refractivity contribution is 5.82. The van der Waals surface area contributed by atoms with Crippen LogP contribution in [0.3, 0.4) is 0 Å². The van der Waals surface area contributed by atoms with Gasteiger partial charge in [-0.25, -0.2) is 5.53 Å². The van der Waals surface area contributed by atoms with Crippen LogP contribution < -0.4 is 32.5 Å². The van der Waals surface area contributed by atoms with Gasteiger partial charge in [-0.05, 0) is 44.0 Å². The van der Waals surface area contributed by atoms with E-state index in [-0.39, 0.29) is 16.9 Å². The number of benzene rings is 2. The molecule has 0 aliphatic heterocycles. The second-order valence-corrected chi connectivity index (χ2v) is 8.69. The van der Waals surface area contributed by atoms with Crippen molar-refractivity contribution in [2.24, 2.45) is 10.1 Å². The maximum absolute atomic E-state index is 13.5. The molecular weight excluding hydrogens is 412 g/mol. The van der Waals surface area contributed by atoms with Crippen LogP contribution in [-0.2, 0) is 0 Å². The van der Waals surface area contributed by atoms with Crippen molar-refractivity contribution in [1.29, 1.82) is 0 Å². The molecule has 3 aliphatic carbocycles. The first kappa shape index (κ1) is 21.1. The van der Waals surface area contributed by atoms with Gasteiger partial charge in [-0.3, -0.25) is 20.0 Å². The molecule has 3 aliphatic rings. The Morgan fingerprint density at radius 1 is 0.758 bits per heavy atom. The fourth-order valence-corrected chi connectivity index (χ4v) is 4.59. The molecule has 33 heavy (non-hydrogen) atoms. The molecule has 166 valence electrons. The molecule has 5 rings (SSSR count). The summed E-state index contributed by atoms with van der Waals surface area (Å²) >= 11 is 0. The summed E-state index contributed by atoms with van der Waals surface area (Å²) in [4.78, 5) is 31.9. The van der Waals surface area contributed by atoms with E-state index in [0.29, 0.717) is 31.9 Å². The van der Waals surface area contributed by atoms with Crippen molar-refractivity contribution in [3.63, 3.8) is 0 Å². The normalized spacial score (nSPS) is 15.9. The highest BCUT2D eigenvalue weighted by atomic mass is 16.1. The van der Waals surface area contributed by atoms with Crippen LogP contribution in [0.5, 0.6) is 0 Å². The van der Waals surface area contributed by atoms with E-state index >= 15 is 0 Å². The quantitative estimate of drug-likeness (QED) is 0.480. The third-order valence-corrected chi connectivity index (χ3v) is 6.36. The average Bonchev–Trinajstić information content (AvgIpc) is 2.85. The number of aryl methyl sites for hydroxylation is 1. The fraction of sp³-hybridized carbons (Fsp3) is 0.259. The minimum atomic E-state index is -0.197. The van der Waals surface area contributed by atoms with Crippen LogP contribution in [0, 0.1) is 17.4 Å². The van der Waals surface area contributed by atoms with Crippen LogP contribution in [0.25, 0.3) is 10.8 Å². The van der Waals surface area contributed by atoms with E-state index in [9.17, 15) is 9.59 Å². The molecule has 0 spiro atoms. The number of hydrogen-bond donors (Lipinski definition) is 2. The van der Waals surface area contributed by atoms with Crippen molar-refractivity contribution in [3.8, 4) is 0 Å². The van der Waals surface area contributed by atoms with Gasteiger partial charge < -0.3 is 0 Å². The number of nitrogens with one attached hydrogen (secondary N) is 2. The molecule has 0 radical (unpaired) electrons. The molecule has 2 aromatic rings. The third kappa shape index (κ3) is 4.16. The van der Waals surface area contributed by atoms with Crippen molar-refractivity contribution in [3.05, 3.63) is 108 Å². The number of hydrogen-bond acceptors (Lipinski definition) is 6. The zero-order valence-corrected chi connectivity index (χ0v) is 18.6. The zero-order valence-electron chi connectivity index (χ0n) is 18.6. The van der Waals surface area contributed by atoms with Crippen LogP contribution in [0.2, 0.25) is 0 Å². The lowest BCUT2D eigenvalue weighted by Crippen LogP contribution is -2.31. The topological polar surface area (TPSA) is 82.9 Å². The molecule has 6 nitrogen and oxygen atoms in total. The number of rotatable bonds is 4. The van der Waals surface area contributed by atoms with Crippen LogP contribution in [0.1, 0.15) is 37.7 Å². The predicted octanol–water partition coefficient (Wildman–Crippen LogP) is 3.13. The highest BCUT2D eigenvalue weighted by Gasteiger charge is 2.14. The molecule has 0 atom stereocenters. The summed E-state index contributed by atoms with van der Waals surface area (Å²) in [5.74, 6) is 0. The number of hydrazine groups is 1. The van der Waals surface area contributed by atoms with Gasteiger partial charge in [-0.15, -0.1) is 0 Å². The van der Waals surface area contributed by atoms with Gasteiger partial charge >= 0.3 is 0 Å². The smallest absolute Gasteiger partial charge is 0.196 e. The van der Waals surface area contributed by atoms with Crippen molar-refractivity contribution in [1.82, 2.24) is 5.53 Å². The molecule has 0 bridgehead atoms. The van der Waals surface area contributed by atoms with Crippen LogP contribution >= 0.6 is 0 Å². The molecule has 0 aromatic heterocycles. The second kappa shape index (κ2) is 8.98. The highest BCUT2D eigenvalue weighted by Crippen LogP contribution is 2.19. The van der Waals surface area contributed by atoms with Crippen molar-refractivity contribution < 1.29 is 0 Å². The first-order valence-electron chi connectivity index (χ1n) is 11.5. The van der Waals surface area contributed by atoms with E-state index in [0.717, 1.165) is 36.9 Å². The van der Waals surface area contributed by atoms with Gasteiger partial charge in [0.15, 0.2) is 10.9 Å². The minimum Gasteiger partial charge on any atom is -0.288 e. The number of anilines is 1. The van der Waals surface area contributed by atoms with Crippen LogP contribution in [-0.4, -0.2) is 6.04 Å². The largest absolute Gasteiger partial charge is 0.288 e. The van der Waals surface area contributed by atoms with Crippen LogP contribution in [0.15, 0.2) is 80.3 Å². The lowest BCUT2D eigenvalue weighted by molar-refractivity contribution is 0.437. The molecule has 2 N–H and O–H groups in total. The summed E-state index contributed by atoms with van der Waals surface area (Å²) in [6.07, 6.45) is 5.55. The number of fused-ring (bicyclic) bond motifs is 1. The summed E-state index contributed by atoms with van der Waals surface area (Å²) in [6, 6.07) is 18.6. The second-order valence-electron chi connectivity index (χ2n) is 8.69. The van der Waals surface area contributed by atoms with E-state index in [1.165, 1.54) is 6.42 Å². The van der Waals surface area contributed by atoms with Crippen molar-refractivity contribution in [2.45, 2.75) is 45.1 Å². The fourth-order valence-electron chi connectivity index (χ4n) is 4.59. The molecular formula is C27H26N4O2. The Labute approximate surface area is 190 Å². The van der Waals surface area contributed by atoms with Gasteiger partial charge in [0, 0.05) is 10.8 Å². The molecule has 1 fully saturated rings. The molecule has 0 unspecified atom stereocenters. The zero-order chi connectivity index (χ0) is 22.8. The van der Waals surface area contributed by atoms with Gasteiger partial charge in [0.1, 0.15) is 0 Å². The lowest BCUT2D eigenvalue weighted by Gasteiger charge is -2.17. The summed E-state index contributed by atoms with van der Waals surface area (Å²) in [7, 11) is 0. The van der Waals surface area contributed by atoms with Gasteiger partial charge in [-0.2, -0.15) is 5.10 Å². The van der Waals surface area contributed by atoms with Gasteiger partial charge in [0.25, 0.3) is 0 Å². The van der Waals surface area contributed by atoms with E-state index in [1.807, 2.05) is 37.3 Å². The maximum atomic E-state index is 13.5. The first-order valence-corrected chi connectivity index (χ1v) is 11.5. The van der Waals surface area contributed by atoms with E-state index < -0.39 is 0 Å². The summed E-state index contributed by atoms with van der Waals surface area (Å²) in [5.41, 5.74) is 7.48. The van der Waals surface area contributed by atoms with Gasteiger partial charge in [0.2, 0.25) is 0 Å².